The van der Waals surface area contributed by atoms with E-state index in [1.165, 1.54) is 38.9 Å². The second-order valence-corrected chi connectivity index (χ2v) is 5.09. The van der Waals surface area contributed by atoms with Crippen molar-refractivity contribution >= 4 is 0 Å². The van der Waals surface area contributed by atoms with Gasteiger partial charge in [0.1, 0.15) is 0 Å². The van der Waals surface area contributed by atoms with Crippen LogP contribution < -0.4 is 5.32 Å². The van der Waals surface area contributed by atoms with Gasteiger partial charge in [-0.3, -0.25) is 4.90 Å². The highest BCUT2D eigenvalue weighted by molar-refractivity contribution is 4.62. The van der Waals surface area contributed by atoms with Crippen LogP contribution in [0.15, 0.2) is 0 Å². The minimum Gasteiger partial charge on any atom is -0.380 e. The standard InChI is InChI=1S/C13H28N2O/c1-13(2)5-3-6-14-7-9-15-8-4-11-16-12-10-15/h13-14H,3-12H2,1-2H3. The van der Waals surface area contributed by atoms with Crippen LogP contribution in [0.5, 0.6) is 0 Å². The molecule has 0 saturated carbocycles. The molecule has 0 bridgehead atoms. The highest BCUT2D eigenvalue weighted by Crippen LogP contribution is 2.01. The quantitative estimate of drug-likeness (QED) is 0.672. The van der Waals surface area contributed by atoms with Gasteiger partial charge < -0.3 is 10.1 Å². The first-order valence-corrected chi connectivity index (χ1v) is 6.80. The molecule has 0 unspecified atom stereocenters. The maximum atomic E-state index is 5.43. The van der Waals surface area contributed by atoms with E-state index in [0.29, 0.717) is 0 Å². The van der Waals surface area contributed by atoms with Crippen LogP contribution in [-0.4, -0.2) is 50.8 Å². The minimum absolute atomic E-state index is 0.838. The smallest absolute Gasteiger partial charge is 0.0593 e. The summed E-state index contributed by atoms with van der Waals surface area (Å²) in [6.45, 7) is 12.2. The van der Waals surface area contributed by atoms with Gasteiger partial charge in [0.05, 0.1) is 6.61 Å². The fourth-order valence-corrected chi connectivity index (χ4v) is 2.02. The summed E-state index contributed by atoms with van der Waals surface area (Å²) < 4.78 is 5.43. The largest absolute Gasteiger partial charge is 0.380 e. The maximum Gasteiger partial charge on any atom is 0.0593 e. The number of nitrogens with one attached hydrogen (secondary N) is 1. The van der Waals surface area contributed by atoms with Gasteiger partial charge >= 0.3 is 0 Å². The first-order valence-electron chi connectivity index (χ1n) is 6.80. The van der Waals surface area contributed by atoms with Gasteiger partial charge in [-0.2, -0.15) is 0 Å². The van der Waals surface area contributed by atoms with Crippen LogP contribution in [0.2, 0.25) is 0 Å². The van der Waals surface area contributed by atoms with Gasteiger partial charge in [-0.25, -0.2) is 0 Å². The van der Waals surface area contributed by atoms with Crippen molar-refractivity contribution in [1.29, 1.82) is 0 Å². The number of hydrogen-bond acceptors (Lipinski definition) is 3. The molecule has 1 fully saturated rings. The third-order valence-electron chi connectivity index (χ3n) is 3.05. The molecule has 1 aliphatic rings. The Labute approximate surface area is 101 Å². The van der Waals surface area contributed by atoms with E-state index in [2.05, 4.69) is 24.1 Å². The molecule has 0 aromatic heterocycles. The summed E-state index contributed by atoms with van der Waals surface area (Å²) in [5.74, 6) is 0.838. The van der Waals surface area contributed by atoms with E-state index in [1.807, 2.05) is 0 Å². The topological polar surface area (TPSA) is 24.5 Å². The molecule has 96 valence electrons. The van der Waals surface area contributed by atoms with Crippen molar-refractivity contribution < 1.29 is 4.74 Å². The van der Waals surface area contributed by atoms with Gasteiger partial charge in [0.15, 0.2) is 0 Å². The monoisotopic (exact) mass is 228 g/mol. The van der Waals surface area contributed by atoms with Gasteiger partial charge in [-0.1, -0.05) is 13.8 Å². The zero-order chi connectivity index (χ0) is 11.6. The molecule has 0 atom stereocenters. The predicted octanol–water partition coefficient (Wildman–Crippen LogP) is 1.73. The van der Waals surface area contributed by atoms with Gasteiger partial charge in [-0.15, -0.1) is 0 Å². The molecule has 0 aromatic rings. The van der Waals surface area contributed by atoms with Crippen LogP contribution in [0.3, 0.4) is 0 Å². The Morgan fingerprint density at radius 2 is 2.06 bits per heavy atom. The second kappa shape index (κ2) is 8.97. The van der Waals surface area contributed by atoms with Gasteiger partial charge in [0.25, 0.3) is 0 Å². The molecule has 1 aliphatic heterocycles. The lowest BCUT2D eigenvalue weighted by molar-refractivity contribution is 0.141. The normalized spacial score (nSPS) is 18.9. The van der Waals surface area contributed by atoms with Crippen LogP contribution in [0, 0.1) is 5.92 Å². The third kappa shape index (κ3) is 7.20. The molecule has 0 aliphatic carbocycles. The number of nitrogens with zero attached hydrogens (tertiary/aromatic N) is 1. The summed E-state index contributed by atoms with van der Waals surface area (Å²) >= 11 is 0. The summed E-state index contributed by atoms with van der Waals surface area (Å²) in [6, 6.07) is 0. The molecule has 1 rings (SSSR count). The summed E-state index contributed by atoms with van der Waals surface area (Å²) in [5.41, 5.74) is 0. The lowest BCUT2D eigenvalue weighted by atomic mass is 10.1. The number of hydrogen-bond donors (Lipinski definition) is 1. The Balaban J connectivity index is 1.89. The Kier molecular flexibility index (Phi) is 7.81. The first kappa shape index (κ1) is 13.9. The zero-order valence-corrected chi connectivity index (χ0v) is 11.0. The summed E-state index contributed by atoms with van der Waals surface area (Å²) in [4.78, 5) is 2.50. The Morgan fingerprint density at radius 1 is 1.19 bits per heavy atom. The molecular formula is C13H28N2O. The van der Waals surface area contributed by atoms with Crippen molar-refractivity contribution in [3.63, 3.8) is 0 Å². The first-order chi connectivity index (χ1) is 7.79. The van der Waals surface area contributed by atoms with E-state index < -0.39 is 0 Å². The molecule has 1 heterocycles. The number of ether oxygens (including phenoxy) is 1. The Bertz CT molecular complexity index is 154. The lowest BCUT2D eigenvalue weighted by Crippen LogP contribution is -2.34. The molecule has 0 radical (unpaired) electrons. The molecule has 0 aromatic carbocycles. The maximum absolute atomic E-state index is 5.43. The average Bonchev–Trinajstić information content (AvgIpc) is 2.51. The zero-order valence-electron chi connectivity index (χ0n) is 11.0. The van der Waals surface area contributed by atoms with Crippen LogP contribution in [-0.2, 0) is 4.74 Å². The minimum atomic E-state index is 0.838. The van der Waals surface area contributed by atoms with E-state index >= 15 is 0 Å². The molecule has 1 N–H and O–H groups in total. The third-order valence-corrected chi connectivity index (χ3v) is 3.05. The lowest BCUT2D eigenvalue weighted by Gasteiger charge is -2.19. The molecule has 3 heteroatoms. The van der Waals surface area contributed by atoms with Crippen LogP contribution in [0.25, 0.3) is 0 Å². The molecule has 16 heavy (non-hydrogen) atoms. The van der Waals surface area contributed by atoms with E-state index in [0.717, 1.165) is 32.2 Å². The predicted molar refractivity (Wildman–Crippen MR) is 68.8 cm³/mol. The van der Waals surface area contributed by atoms with E-state index in [1.54, 1.807) is 0 Å². The molecule has 3 nitrogen and oxygen atoms in total. The summed E-state index contributed by atoms with van der Waals surface area (Å²) in [5, 5.41) is 3.53. The SMILES string of the molecule is CC(C)CCCNCCN1CCCOCC1. The van der Waals surface area contributed by atoms with Crippen molar-refractivity contribution in [2.45, 2.75) is 33.1 Å². The highest BCUT2D eigenvalue weighted by Gasteiger charge is 2.07. The fourth-order valence-electron chi connectivity index (χ4n) is 2.02. The van der Waals surface area contributed by atoms with Crippen LogP contribution in [0.1, 0.15) is 33.1 Å². The molecule has 1 saturated heterocycles. The summed E-state index contributed by atoms with van der Waals surface area (Å²) in [7, 11) is 0. The van der Waals surface area contributed by atoms with E-state index in [4.69, 9.17) is 4.74 Å². The van der Waals surface area contributed by atoms with Crippen LogP contribution >= 0.6 is 0 Å². The average molecular weight is 228 g/mol. The van der Waals surface area contributed by atoms with E-state index in [-0.39, 0.29) is 0 Å². The fraction of sp³-hybridized carbons (Fsp3) is 1.00. The van der Waals surface area contributed by atoms with Crippen molar-refractivity contribution in [3.05, 3.63) is 0 Å². The van der Waals surface area contributed by atoms with E-state index in [9.17, 15) is 0 Å². The van der Waals surface area contributed by atoms with Crippen LogP contribution in [0.4, 0.5) is 0 Å². The van der Waals surface area contributed by atoms with Crippen molar-refractivity contribution in [2.75, 3.05) is 45.9 Å². The van der Waals surface area contributed by atoms with Gasteiger partial charge in [0, 0.05) is 32.8 Å². The molecular weight excluding hydrogens is 200 g/mol. The second-order valence-electron chi connectivity index (χ2n) is 5.09. The van der Waals surface area contributed by atoms with Gasteiger partial charge in [0.2, 0.25) is 0 Å². The van der Waals surface area contributed by atoms with Crippen molar-refractivity contribution in [2.24, 2.45) is 5.92 Å². The Morgan fingerprint density at radius 3 is 2.88 bits per heavy atom. The highest BCUT2D eigenvalue weighted by atomic mass is 16.5. The summed E-state index contributed by atoms with van der Waals surface area (Å²) in [6.07, 6.45) is 3.83. The van der Waals surface area contributed by atoms with Gasteiger partial charge in [-0.05, 0) is 31.7 Å². The number of rotatable bonds is 7. The molecule has 0 spiro atoms. The van der Waals surface area contributed by atoms with Crippen molar-refractivity contribution in [1.82, 2.24) is 10.2 Å². The Hall–Kier alpha value is -0.120. The van der Waals surface area contributed by atoms with Crippen molar-refractivity contribution in [3.8, 4) is 0 Å². The molecule has 0 amide bonds.